The first-order chi connectivity index (χ1) is 30.4. The van der Waals surface area contributed by atoms with E-state index in [2.05, 4.69) is 58.5 Å². The minimum Gasteiger partial charge on any atom is -0.354 e. The van der Waals surface area contributed by atoms with Gasteiger partial charge in [-0.05, 0) is 117 Å². The summed E-state index contributed by atoms with van der Waals surface area (Å²) in [5.41, 5.74) is 12.7. The fourth-order valence-electron chi connectivity index (χ4n) is 8.77. The fourth-order valence-corrected chi connectivity index (χ4v) is 8.77. The van der Waals surface area contributed by atoms with Crippen LogP contribution in [0.5, 0.6) is 0 Å². The average molecular weight is 805 g/mol. The Morgan fingerprint density at radius 1 is 0.371 bits per heavy atom. The number of fused-ring (bicyclic) bond motifs is 10. The van der Waals surface area contributed by atoms with Crippen LogP contribution >= 0.6 is 0 Å². The molecule has 3 aromatic heterocycles. The molecule has 0 unspecified atom stereocenters. The van der Waals surface area contributed by atoms with Gasteiger partial charge in [0.05, 0.1) is 32.6 Å². The molecule has 8 bridgehead atoms. The molecule has 0 atom stereocenters. The van der Waals surface area contributed by atoms with Crippen molar-refractivity contribution < 1.29 is 9.85 Å². The second-order valence-electron chi connectivity index (χ2n) is 15.2. The van der Waals surface area contributed by atoms with Crippen LogP contribution in [0.15, 0.2) is 158 Å². The van der Waals surface area contributed by atoms with Gasteiger partial charge in [-0.2, -0.15) is 0 Å². The Morgan fingerprint density at radius 3 is 1.10 bits per heavy atom. The molecule has 0 saturated heterocycles. The van der Waals surface area contributed by atoms with E-state index in [1.165, 1.54) is 24.3 Å². The summed E-state index contributed by atoms with van der Waals surface area (Å²) < 4.78 is 0. The van der Waals surface area contributed by atoms with Crippen LogP contribution < -0.4 is 0 Å². The maximum Gasteiger partial charge on any atom is 0.269 e. The molecule has 0 amide bonds. The van der Waals surface area contributed by atoms with Gasteiger partial charge in [-0.25, -0.2) is 9.97 Å². The number of nitro benzene ring substituents is 2. The van der Waals surface area contributed by atoms with Gasteiger partial charge in [-0.1, -0.05) is 84.9 Å². The number of aromatic nitrogens is 4. The van der Waals surface area contributed by atoms with E-state index in [0.717, 1.165) is 99.5 Å². The molecule has 0 radical (unpaired) electrons. The van der Waals surface area contributed by atoms with E-state index in [-0.39, 0.29) is 11.4 Å². The summed E-state index contributed by atoms with van der Waals surface area (Å²) in [5.74, 6) is 0. The van der Waals surface area contributed by atoms with Gasteiger partial charge in [0.15, 0.2) is 0 Å². The van der Waals surface area contributed by atoms with Crippen LogP contribution in [0.25, 0.3) is 112 Å². The lowest BCUT2D eigenvalue weighted by Crippen LogP contribution is -1.91. The van der Waals surface area contributed by atoms with E-state index in [4.69, 9.17) is 9.97 Å². The molecule has 2 aliphatic heterocycles. The van der Waals surface area contributed by atoms with E-state index < -0.39 is 9.85 Å². The number of nitro groups is 2. The molecule has 5 heterocycles. The number of hydrogen-bond acceptors (Lipinski definition) is 6. The Morgan fingerprint density at radius 2 is 0.710 bits per heavy atom. The van der Waals surface area contributed by atoms with Gasteiger partial charge in [-0.3, -0.25) is 20.2 Å². The van der Waals surface area contributed by atoms with Crippen LogP contribution in [-0.4, -0.2) is 29.8 Å². The van der Waals surface area contributed by atoms with Crippen LogP contribution in [0, 0.1) is 20.2 Å². The lowest BCUT2D eigenvalue weighted by Gasteiger charge is -2.10. The standard InChI is InChI=1S/C52H32N6O4/c59-57(60)35-19-15-33(16-20-35)49-41-23-27-45(53-41)51(39-13-5-9-31-7-1-3-11-37(31)39)46-28-24-42(54-46)50(34-17-21-36(22-18-34)58(61)62)44-26-30-48(56-44)52(47-29-25-43(49)55-47)40-14-6-10-32-8-2-4-12-38(32)40/h1-30,53,56H. The SMILES string of the molecule is O=[N+]([O-])c1ccc(-c2c3nc(c(-c4cccc5ccccc45)c4ccc([nH]4)c(-c4ccc([N+](=O)[O-])cc4)c4nc(c(-c5cccc6ccccc56)c5ccc2[nH]5)C=C4)C=C3)cc1. The van der Waals surface area contributed by atoms with Crippen molar-refractivity contribution in [2.75, 3.05) is 0 Å². The van der Waals surface area contributed by atoms with Crippen molar-refractivity contribution >= 4 is 79.3 Å². The average Bonchev–Trinajstić information content (AvgIpc) is 4.15. The van der Waals surface area contributed by atoms with Crippen molar-refractivity contribution in [1.82, 2.24) is 19.9 Å². The number of aromatic amines is 2. The highest BCUT2D eigenvalue weighted by Crippen LogP contribution is 2.41. The topological polar surface area (TPSA) is 144 Å². The lowest BCUT2D eigenvalue weighted by molar-refractivity contribution is -0.385. The van der Waals surface area contributed by atoms with Crippen molar-refractivity contribution in [1.29, 1.82) is 0 Å². The summed E-state index contributed by atoms with van der Waals surface area (Å²) in [6.45, 7) is 0. The minimum atomic E-state index is -0.397. The molecule has 2 N–H and O–H groups in total. The second kappa shape index (κ2) is 14.5. The van der Waals surface area contributed by atoms with Gasteiger partial charge in [0.1, 0.15) is 0 Å². The van der Waals surface area contributed by atoms with Crippen molar-refractivity contribution in [3.63, 3.8) is 0 Å². The summed E-state index contributed by atoms with van der Waals surface area (Å²) in [5, 5.41) is 27.8. The first-order valence-electron chi connectivity index (χ1n) is 20.0. The number of nitrogens with zero attached hydrogens (tertiary/aromatic N) is 4. The summed E-state index contributed by atoms with van der Waals surface area (Å²) in [4.78, 5) is 41.0. The molecule has 11 rings (SSSR count). The molecule has 10 heteroatoms. The molecule has 0 spiro atoms. The van der Waals surface area contributed by atoms with Gasteiger partial charge < -0.3 is 9.97 Å². The first kappa shape index (κ1) is 36.3. The van der Waals surface area contributed by atoms with Gasteiger partial charge in [0, 0.05) is 68.6 Å². The molecule has 6 aromatic carbocycles. The lowest BCUT2D eigenvalue weighted by atomic mass is 9.97. The molecule has 294 valence electrons. The Labute approximate surface area is 353 Å². The van der Waals surface area contributed by atoms with E-state index in [0.29, 0.717) is 11.4 Å². The summed E-state index contributed by atoms with van der Waals surface area (Å²) >= 11 is 0. The van der Waals surface area contributed by atoms with Gasteiger partial charge in [0.25, 0.3) is 11.4 Å². The normalized spacial score (nSPS) is 12.0. The zero-order valence-electron chi connectivity index (χ0n) is 32.7. The maximum atomic E-state index is 11.8. The number of non-ortho nitro benzene ring substituents is 2. The highest BCUT2D eigenvalue weighted by molar-refractivity contribution is 6.07. The molecule has 10 nitrogen and oxygen atoms in total. The fraction of sp³-hybridized carbons (Fsp3) is 0. The second-order valence-corrected chi connectivity index (χ2v) is 15.2. The number of rotatable bonds is 6. The van der Waals surface area contributed by atoms with Crippen LogP contribution in [0.1, 0.15) is 22.8 Å². The first-order valence-corrected chi connectivity index (χ1v) is 20.0. The van der Waals surface area contributed by atoms with Crippen LogP contribution in [0.3, 0.4) is 0 Å². The molecule has 2 aliphatic rings. The van der Waals surface area contributed by atoms with Crippen LogP contribution in [-0.2, 0) is 0 Å². The molecule has 0 saturated carbocycles. The quantitative estimate of drug-likeness (QED) is 0.126. The number of benzene rings is 6. The largest absolute Gasteiger partial charge is 0.354 e. The smallest absolute Gasteiger partial charge is 0.269 e. The van der Waals surface area contributed by atoms with E-state index in [1.807, 2.05) is 85.0 Å². The molecule has 0 fully saturated rings. The summed E-state index contributed by atoms with van der Waals surface area (Å²) in [6.07, 6.45) is 8.02. The van der Waals surface area contributed by atoms with E-state index in [1.54, 1.807) is 24.3 Å². The zero-order chi connectivity index (χ0) is 41.9. The van der Waals surface area contributed by atoms with Crippen LogP contribution in [0.2, 0.25) is 0 Å². The van der Waals surface area contributed by atoms with Crippen LogP contribution in [0.4, 0.5) is 11.4 Å². The molecular formula is C52H32N6O4. The maximum absolute atomic E-state index is 11.8. The van der Waals surface area contributed by atoms with E-state index >= 15 is 0 Å². The third kappa shape index (κ3) is 6.13. The Kier molecular flexibility index (Phi) is 8.50. The van der Waals surface area contributed by atoms with Crippen molar-refractivity contribution in [2.24, 2.45) is 0 Å². The molecule has 0 aliphatic carbocycles. The number of hydrogen-bond donors (Lipinski definition) is 2. The van der Waals surface area contributed by atoms with Crippen molar-refractivity contribution in [2.45, 2.75) is 0 Å². The minimum absolute atomic E-state index is 0.00503. The van der Waals surface area contributed by atoms with Crippen molar-refractivity contribution in [3.8, 4) is 44.5 Å². The highest BCUT2D eigenvalue weighted by Gasteiger charge is 2.21. The third-order valence-electron chi connectivity index (χ3n) is 11.6. The Hall–Kier alpha value is -8.76. The Balaban J connectivity index is 1.32. The number of H-pyrrole nitrogens is 2. The van der Waals surface area contributed by atoms with Gasteiger partial charge in [0.2, 0.25) is 0 Å². The van der Waals surface area contributed by atoms with E-state index in [9.17, 15) is 20.2 Å². The summed E-state index contributed by atoms with van der Waals surface area (Å²) in [6, 6.07) is 50.2. The zero-order valence-corrected chi connectivity index (χ0v) is 32.7. The predicted octanol–water partition coefficient (Wildman–Crippen LogP) is 13.4. The Bertz CT molecular complexity index is 3330. The third-order valence-corrected chi connectivity index (χ3v) is 11.6. The summed E-state index contributed by atoms with van der Waals surface area (Å²) in [7, 11) is 0. The molecule has 9 aromatic rings. The van der Waals surface area contributed by atoms with Crippen molar-refractivity contribution in [3.05, 3.63) is 201 Å². The highest BCUT2D eigenvalue weighted by atomic mass is 16.6. The molecule has 62 heavy (non-hydrogen) atoms. The van der Waals surface area contributed by atoms with Gasteiger partial charge >= 0.3 is 0 Å². The predicted molar refractivity (Wildman–Crippen MR) is 249 cm³/mol. The number of nitrogens with one attached hydrogen (secondary N) is 2. The molecular weight excluding hydrogens is 773 g/mol. The van der Waals surface area contributed by atoms with Gasteiger partial charge in [-0.15, -0.1) is 0 Å². The monoisotopic (exact) mass is 804 g/mol.